The van der Waals surface area contributed by atoms with Crippen molar-refractivity contribution in [3.63, 3.8) is 0 Å². The van der Waals surface area contributed by atoms with Crippen LogP contribution in [0.2, 0.25) is 0 Å². The van der Waals surface area contributed by atoms with E-state index in [0.29, 0.717) is 12.0 Å². The molecule has 96 valence electrons. The zero-order valence-corrected chi connectivity index (χ0v) is 10.7. The summed E-state index contributed by atoms with van der Waals surface area (Å²) in [6.45, 7) is 4.60. The average molecular weight is 237 g/mol. The van der Waals surface area contributed by atoms with Gasteiger partial charge in [0, 0.05) is 12.2 Å². The predicted molar refractivity (Wildman–Crippen MR) is 67.5 cm³/mol. The minimum Gasteiger partial charge on any atom is -0.394 e. The standard InChI is InChI=1S/C13H23N3O/c1-9-4-3-5-12(10(9)2)16-8-15-6-13(16)11(14)7-17/h6,8-12,17H,3-5,7,14H2,1-2H3. The zero-order valence-electron chi connectivity index (χ0n) is 10.7. The number of hydrogen-bond donors (Lipinski definition) is 2. The van der Waals surface area contributed by atoms with Crippen molar-refractivity contribution < 1.29 is 5.11 Å². The summed E-state index contributed by atoms with van der Waals surface area (Å²) < 4.78 is 2.18. The van der Waals surface area contributed by atoms with Crippen LogP contribution < -0.4 is 5.73 Å². The highest BCUT2D eigenvalue weighted by atomic mass is 16.3. The highest BCUT2D eigenvalue weighted by molar-refractivity contribution is 5.07. The fourth-order valence-corrected chi connectivity index (χ4v) is 2.92. The maximum absolute atomic E-state index is 9.18. The Morgan fingerprint density at radius 3 is 3.00 bits per heavy atom. The SMILES string of the molecule is CC1CCCC(n2cncc2C(N)CO)C1C. The van der Waals surface area contributed by atoms with E-state index in [2.05, 4.69) is 23.4 Å². The van der Waals surface area contributed by atoms with Crippen molar-refractivity contribution in [3.05, 3.63) is 18.2 Å². The monoisotopic (exact) mass is 237 g/mol. The Hall–Kier alpha value is -0.870. The van der Waals surface area contributed by atoms with Gasteiger partial charge in [0.1, 0.15) is 0 Å². The van der Waals surface area contributed by atoms with Gasteiger partial charge >= 0.3 is 0 Å². The molecule has 0 saturated heterocycles. The predicted octanol–water partition coefficient (Wildman–Crippen LogP) is 1.87. The summed E-state index contributed by atoms with van der Waals surface area (Å²) in [5, 5.41) is 9.18. The summed E-state index contributed by atoms with van der Waals surface area (Å²) in [4.78, 5) is 4.20. The van der Waals surface area contributed by atoms with Crippen molar-refractivity contribution >= 4 is 0 Å². The molecule has 1 aromatic rings. The van der Waals surface area contributed by atoms with Crippen molar-refractivity contribution in [2.45, 2.75) is 45.2 Å². The molecule has 0 aliphatic heterocycles. The number of aliphatic hydroxyl groups is 1. The maximum Gasteiger partial charge on any atom is 0.0951 e. The van der Waals surface area contributed by atoms with Crippen molar-refractivity contribution in [2.24, 2.45) is 17.6 Å². The first-order chi connectivity index (χ1) is 8.15. The van der Waals surface area contributed by atoms with Crippen LogP contribution in [0.1, 0.15) is 50.9 Å². The highest BCUT2D eigenvalue weighted by Gasteiger charge is 2.29. The van der Waals surface area contributed by atoms with Crippen LogP contribution in [0.5, 0.6) is 0 Å². The molecular formula is C13H23N3O. The van der Waals surface area contributed by atoms with Crippen molar-refractivity contribution in [1.29, 1.82) is 0 Å². The van der Waals surface area contributed by atoms with E-state index in [-0.39, 0.29) is 12.6 Å². The smallest absolute Gasteiger partial charge is 0.0951 e. The lowest BCUT2D eigenvalue weighted by molar-refractivity contribution is 0.178. The number of aliphatic hydroxyl groups excluding tert-OH is 1. The molecule has 1 heterocycles. The molecule has 3 N–H and O–H groups in total. The molecule has 1 fully saturated rings. The molecule has 0 radical (unpaired) electrons. The Labute approximate surface area is 103 Å². The second kappa shape index (κ2) is 5.19. The van der Waals surface area contributed by atoms with Gasteiger partial charge in [-0.15, -0.1) is 0 Å². The summed E-state index contributed by atoms with van der Waals surface area (Å²) in [5.41, 5.74) is 6.87. The van der Waals surface area contributed by atoms with Gasteiger partial charge in [-0.3, -0.25) is 0 Å². The molecule has 1 aliphatic carbocycles. The van der Waals surface area contributed by atoms with Crippen LogP contribution in [0.4, 0.5) is 0 Å². The van der Waals surface area contributed by atoms with E-state index in [9.17, 15) is 5.11 Å². The van der Waals surface area contributed by atoms with Crippen LogP contribution >= 0.6 is 0 Å². The van der Waals surface area contributed by atoms with E-state index < -0.39 is 0 Å². The van der Waals surface area contributed by atoms with E-state index in [1.54, 1.807) is 6.20 Å². The molecule has 0 bridgehead atoms. The van der Waals surface area contributed by atoms with E-state index in [0.717, 1.165) is 11.6 Å². The molecule has 0 aromatic carbocycles. The third kappa shape index (κ3) is 2.38. The number of hydrogen-bond acceptors (Lipinski definition) is 3. The maximum atomic E-state index is 9.18. The van der Waals surface area contributed by atoms with Crippen LogP contribution in [-0.4, -0.2) is 21.3 Å². The van der Waals surface area contributed by atoms with Gasteiger partial charge in [-0.2, -0.15) is 0 Å². The number of imidazole rings is 1. The van der Waals surface area contributed by atoms with Crippen LogP contribution in [0.3, 0.4) is 0 Å². The molecule has 0 amide bonds. The highest BCUT2D eigenvalue weighted by Crippen LogP contribution is 2.38. The molecule has 1 saturated carbocycles. The molecule has 17 heavy (non-hydrogen) atoms. The van der Waals surface area contributed by atoms with Crippen molar-refractivity contribution in [2.75, 3.05) is 6.61 Å². The van der Waals surface area contributed by atoms with E-state index >= 15 is 0 Å². The number of aromatic nitrogens is 2. The molecule has 4 heteroatoms. The quantitative estimate of drug-likeness (QED) is 0.843. The van der Waals surface area contributed by atoms with Gasteiger partial charge < -0.3 is 15.4 Å². The van der Waals surface area contributed by atoms with E-state index in [1.807, 2.05) is 6.33 Å². The van der Waals surface area contributed by atoms with Crippen LogP contribution in [0.25, 0.3) is 0 Å². The topological polar surface area (TPSA) is 64.1 Å². The van der Waals surface area contributed by atoms with E-state index in [1.165, 1.54) is 19.3 Å². The van der Waals surface area contributed by atoms with Gasteiger partial charge in [-0.1, -0.05) is 26.7 Å². The Morgan fingerprint density at radius 2 is 2.29 bits per heavy atom. The Bertz CT molecular complexity index is 363. The van der Waals surface area contributed by atoms with Gasteiger partial charge in [0.25, 0.3) is 0 Å². The van der Waals surface area contributed by atoms with Crippen LogP contribution in [-0.2, 0) is 0 Å². The molecule has 1 aromatic heterocycles. The van der Waals surface area contributed by atoms with Gasteiger partial charge in [-0.25, -0.2) is 4.98 Å². The molecule has 0 spiro atoms. The zero-order chi connectivity index (χ0) is 12.4. The van der Waals surface area contributed by atoms with Gasteiger partial charge in [0.15, 0.2) is 0 Å². The lowest BCUT2D eigenvalue weighted by Crippen LogP contribution is -2.29. The van der Waals surface area contributed by atoms with Crippen molar-refractivity contribution in [3.8, 4) is 0 Å². The van der Waals surface area contributed by atoms with Crippen LogP contribution in [0.15, 0.2) is 12.5 Å². The Kier molecular flexibility index (Phi) is 3.84. The molecule has 1 aliphatic rings. The normalized spacial score (nSPS) is 31.4. The molecule has 2 rings (SSSR count). The second-order valence-corrected chi connectivity index (χ2v) is 5.35. The minimum atomic E-state index is -0.318. The number of nitrogens with two attached hydrogens (primary N) is 1. The van der Waals surface area contributed by atoms with Gasteiger partial charge in [-0.05, 0) is 18.3 Å². The summed E-state index contributed by atoms with van der Waals surface area (Å²) in [7, 11) is 0. The third-order valence-corrected chi connectivity index (χ3v) is 4.29. The fraction of sp³-hybridized carbons (Fsp3) is 0.769. The van der Waals surface area contributed by atoms with Crippen molar-refractivity contribution in [1.82, 2.24) is 9.55 Å². The first kappa shape index (κ1) is 12.6. The number of rotatable bonds is 3. The summed E-state index contributed by atoms with van der Waals surface area (Å²) in [6, 6.07) is 0.163. The minimum absolute atomic E-state index is 0.0254. The van der Waals surface area contributed by atoms with E-state index in [4.69, 9.17) is 5.73 Å². The number of nitrogens with zero attached hydrogens (tertiary/aromatic N) is 2. The molecule has 4 unspecified atom stereocenters. The lowest BCUT2D eigenvalue weighted by Gasteiger charge is -2.36. The van der Waals surface area contributed by atoms with Gasteiger partial charge in [0.05, 0.1) is 24.7 Å². The first-order valence-corrected chi connectivity index (χ1v) is 6.53. The van der Waals surface area contributed by atoms with Gasteiger partial charge in [0.2, 0.25) is 0 Å². The molecule has 4 nitrogen and oxygen atoms in total. The summed E-state index contributed by atoms with van der Waals surface area (Å²) >= 11 is 0. The van der Waals surface area contributed by atoms with Crippen LogP contribution in [0, 0.1) is 11.8 Å². The third-order valence-electron chi connectivity index (χ3n) is 4.29. The largest absolute Gasteiger partial charge is 0.394 e. The average Bonchev–Trinajstić information content (AvgIpc) is 2.80. The lowest BCUT2D eigenvalue weighted by atomic mass is 9.78. The molecular weight excluding hydrogens is 214 g/mol. The fourth-order valence-electron chi connectivity index (χ4n) is 2.92. The molecule has 4 atom stereocenters. The second-order valence-electron chi connectivity index (χ2n) is 5.35. The first-order valence-electron chi connectivity index (χ1n) is 6.53. The Morgan fingerprint density at radius 1 is 1.53 bits per heavy atom. The Balaban J connectivity index is 2.24. The summed E-state index contributed by atoms with van der Waals surface area (Å²) in [6.07, 6.45) is 7.42. The summed E-state index contributed by atoms with van der Waals surface area (Å²) in [5.74, 6) is 1.39.